The van der Waals surface area contributed by atoms with Gasteiger partial charge in [0.15, 0.2) is 0 Å². The number of thiophene rings is 1. The maximum Gasteiger partial charge on any atom is 0.272 e. The highest BCUT2D eigenvalue weighted by Crippen LogP contribution is 2.40. The van der Waals surface area contributed by atoms with Crippen molar-refractivity contribution in [1.29, 1.82) is 0 Å². The second kappa shape index (κ2) is 7.88. The SMILES string of the molecule is O=C1C(SCCO)=C(c2cccs2)C(=O)N1c1ccc(N2CCCC2)cc1. The van der Waals surface area contributed by atoms with Gasteiger partial charge in [0.1, 0.15) is 0 Å². The Morgan fingerprint density at radius 2 is 1.70 bits per heavy atom. The van der Waals surface area contributed by atoms with Crippen LogP contribution >= 0.6 is 23.1 Å². The van der Waals surface area contributed by atoms with Gasteiger partial charge in [-0.25, -0.2) is 4.90 Å². The lowest BCUT2D eigenvalue weighted by atomic mass is 10.2. The Balaban J connectivity index is 1.64. The van der Waals surface area contributed by atoms with Crippen LogP contribution in [0.3, 0.4) is 0 Å². The molecule has 1 saturated heterocycles. The van der Waals surface area contributed by atoms with Crippen LogP contribution in [0.25, 0.3) is 5.57 Å². The molecule has 0 bridgehead atoms. The quantitative estimate of drug-likeness (QED) is 0.754. The van der Waals surface area contributed by atoms with Crippen LogP contribution in [0.5, 0.6) is 0 Å². The van der Waals surface area contributed by atoms with Gasteiger partial charge in [0.25, 0.3) is 11.8 Å². The van der Waals surface area contributed by atoms with Gasteiger partial charge in [-0.05, 0) is 48.6 Å². The van der Waals surface area contributed by atoms with E-state index in [0.717, 1.165) is 23.7 Å². The van der Waals surface area contributed by atoms with E-state index in [-0.39, 0.29) is 18.4 Å². The summed E-state index contributed by atoms with van der Waals surface area (Å²) in [6, 6.07) is 11.4. The molecule has 1 aromatic heterocycles. The first kappa shape index (κ1) is 18.3. The zero-order valence-electron chi connectivity index (χ0n) is 14.8. The van der Waals surface area contributed by atoms with Crippen molar-refractivity contribution in [2.24, 2.45) is 0 Å². The zero-order chi connectivity index (χ0) is 18.8. The summed E-state index contributed by atoms with van der Waals surface area (Å²) >= 11 is 2.68. The molecule has 4 rings (SSSR count). The first-order valence-corrected chi connectivity index (χ1v) is 10.8. The van der Waals surface area contributed by atoms with Crippen molar-refractivity contribution in [2.75, 3.05) is 35.2 Å². The predicted octanol–water partition coefficient (Wildman–Crippen LogP) is 3.36. The third-order valence-electron chi connectivity index (χ3n) is 4.73. The maximum absolute atomic E-state index is 13.1. The fourth-order valence-corrected chi connectivity index (χ4v) is 5.14. The number of aliphatic hydroxyl groups is 1. The number of aliphatic hydroxyl groups excluding tert-OH is 1. The minimum Gasteiger partial charge on any atom is -0.396 e. The minimum atomic E-state index is -0.309. The Bertz CT molecular complexity index is 869. The van der Waals surface area contributed by atoms with Gasteiger partial charge in [0.2, 0.25) is 0 Å². The number of thioether (sulfide) groups is 1. The number of amides is 2. The molecule has 3 heterocycles. The topological polar surface area (TPSA) is 60.9 Å². The van der Waals surface area contributed by atoms with Crippen LogP contribution in [0.2, 0.25) is 0 Å². The Morgan fingerprint density at radius 3 is 2.33 bits per heavy atom. The maximum atomic E-state index is 13.1. The van der Waals surface area contributed by atoms with Gasteiger partial charge in [-0.1, -0.05) is 6.07 Å². The summed E-state index contributed by atoms with van der Waals surface area (Å²) in [6.45, 7) is 2.05. The van der Waals surface area contributed by atoms with Gasteiger partial charge < -0.3 is 10.0 Å². The fraction of sp³-hybridized carbons (Fsp3) is 0.300. The van der Waals surface area contributed by atoms with E-state index >= 15 is 0 Å². The van der Waals surface area contributed by atoms with Crippen LogP contribution in [0.4, 0.5) is 11.4 Å². The van der Waals surface area contributed by atoms with Crippen LogP contribution in [-0.4, -0.2) is 42.4 Å². The van der Waals surface area contributed by atoms with Crippen LogP contribution in [0, 0.1) is 0 Å². The summed E-state index contributed by atoms with van der Waals surface area (Å²) in [5.41, 5.74) is 2.15. The molecule has 2 aliphatic heterocycles. The molecule has 2 aromatic rings. The van der Waals surface area contributed by atoms with Crippen LogP contribution in [0.1, 0.15) is 17.7 Å². The molecule has 0 radical (unpaired) electrons. The molecule has 1 N–H and O–H groups in total. The van der Waals surface area contributed by atoms with Crippen LogP contribution in [0.15, 0.2) is 46.7 Å². The second-order valence-electron chi connectivity index (χ2n) is 6.41. The molecule has 0 spiro atoms. The van der Waals surface area contributed by atoms with Crippen molar-refractivity contribution in [3.63, 3.8) is 0 Å². The summed E-state index contributed by atoms with van der Waals surface area (Å²) in [6.07, 6.45) is 2.40. The molecule has 7 heteroatoms. The molecule has 2 amide bonds. The lowest BCUT2D eigenvalue weighted by Crippen LogP contribution is -2.31. The monoisotopic (exact) mass is 400 g/mol. The molecule has 0 aliphatic carbocycles. The van der Waals surface area contributed by atoms with Crippen molar-refractivity contribution in [3.05, 3.63) is 51.6 Å². The van der Waals surface area contributed by atoms with E-state index < -0.39 is 0 Å². The Morgan fingerprint density at radius 1 is 1.00 bits per heavy atom. The van der Waals surface area contributed by atoms with Gasteiger partial charge >= 0.3 is 0 Å². The fourth-order valence-electron chi connectivity index (χ4n) is 3.45. The van der Waals surface area contributed by atoms with E-state index in [0.29, 0.717) is 21.9 Å². The zero-order valence-corrected chi connectivity index (χ0v) is 16.4. The molecule has 0 saturated carbocycles. The lowest BCUT2D eigenvalue weighted by Gasteiger charge is -2.20. The van der Waals surface area contributed by atoms with Crippen LogP contribution in [-0.2, 0) is 9.59 Å². The number of carbonyl (C=O) groups excluding carboxylic acids is 2. The van der Waals surface area contributed by atoms with Gasteiger partial charge in [-0.15, -0.1) is 23.1 Å². The molecule has 2 aliphatic rings. The molecule has 0 atom stereocenters. The number of anilines is 2. The molecule has 0 unspecified atom stereocenters. The van der Waals surface area contributed by atoms with E-state index in [2.05, 4.69) is 4.90 Å². The van der Waals surface area contributed by atoms with Crippen molar-refractivity contribution in [3.8, 4) is 0 Å². The number of carbonyl (C=O) groups is 2. The number of rotatable bonds is 6. The van der Waals surface area contributed by atoms with Crippen LogP contribution < -0.4 is 9.80 Å². The van der Waals surface area contributed by atoms with Gasteiger partial charge in [0.05, 0.1) is 22.8 Å². The average Bonchev–Trinajstić information content (AvgIpc) is 3.42. The Labute approximate surface area is 166 Å². The van der Waals surface area contributed by atoms with Gasteiger partial charge in [0, 0.05) is 29.4 Å². The normalized spacial score (nSPS) is 17.5. The highest BCUT2D eigenvalue weighted by Gasteiger charge is 2.40. The molecular weight excluding hydrogens is 380 g/mol. The number of benzene rings is 1. The number of imide groups is 1. The summed E-state index contributed by atoms with van der Waals surface area (Å²) in [5.74, 6) is -0.224. The van der Waals surface area contributed by atoms with Crippen molar-refractivity contribution in [1.82, 2.24) is 0 Å². The summed E-state index contributed by atoms with van der Waals surface area (Å²) in [4.78, 5) is 30.9. The van der Waals surface area contributed by atoms with E-state index in [4.69, 9.17) is 5.11 Å². The first-order chi connectivity index (χ1) is 13.2. The molecule has 1 fully saturated rings. The Kier molecular flexibility index (Phi) is 5.33. The lowest BCUT2D eigenvalue weighted by molar-refractivity contribution is -0.119. The minimum absolute atomic E-state index is 0.0438. The molecular formula is C20H20N2O3S2. The molecule has 1 aromatic carbocycles. The summed E-state index contributed by atoms with van der Waals surface area (Å²) in [5, 5.41) is 11.0. The summed E-state index contributed by atoms with van der Waals surface area (Å²) in [7, 11) is 0. The van der Waals surface area contributed by atoms with Crippen molar-refractivity contribution in [2.45, 2.75) is 12.8 Å². The highest BCUT2D eigenvalue weighted by atomic mass is 32.2. The highest BCUT2D eigenvalue weighted by molar-refractivity contribution is 8.04. The predicted molar refractivity (Wildman–Crippen MR) is 111 cm³/mol. The van der Waals surface area contributed by atoms with E-state index in [9.17, 15) is 9.59 Å². The van der Waals surface area contributed by atoms with E-state index in [1.165, 1.54) is 40.8 Å². The molecule has 27 heavy (non-hydrogen) atoms. The summed E-state index contributed by atoms with van der Waals surface area (Å²) < 4.78 is 0. The second-order valence-corrected chi connectivity index (χ2v) is 8.46. The molecule has 5 nitrogen and oxygen atoms in total. The smallest absolute Gasteiger partial charge is 0.272 e. The number of hydrogen-bond acceptors (Lipinski definition) is 6. The number of hydrogen-bond donors (Lipinski definition) is 1. The Hall–Kier alpha value is -2.09. The number of nitrogens with zero attached hydrogens (tertiary/aromatic N) is 2. The standard InChI is InChI=1S/C20H20N2O3S2/c23-11-13-27-18-17(16-4-3-12-26-16)19(24)22(20(18)25)15-7-5-14(6-8-15)21-9-1-2-10-21/h3-8,12,23H,1-2,9-11,13H2. The third-order valence-corrected chi connectivity index (χ3v) is 6.67. The van der Waals surface area contributed by atoms with E-state index in [1.54, 1.807) is 0 Å². The van der Waals surface area contributed by atoms with Crippen molar-refractivity contribution >= 4 is 51.9 Å². The molecule has 140 valence electrons. The first-order valence-electron chi connectivity index (χ1n) is 8.96. The largest absolute Gasteiger partial charge is 0.396 e. The third kappa shape index (κ3) is 3.42. The van der Waals surface area contributed by atoms with Gasteiger partial charge in [-0.2, -0.15) is 0 Å². The van der Waals surface area contributed by atoms with E-state index in [1.807, 2.05) is 41.8 Å². The van der Waals surface area contributed by atoms with Crippen molar-refractivity contribution < 1.29 is 14.7 Å². The average molecular weight is 401 g/mol. The van der Waals surface area contributed by atoms with Gasteiger partial charge in [-0.3, -0.25) is 9.59 Å².